The lowest BCUT2D eigenvalue weighted by Gasteiger charge is -2.37. The number of rotatable bonds is 2. The maximum absolute atomic E-state index is 14.0. The minimum atomic E-state index is -0.162. The molecule has 5 heteroatoms. The zero-order valence-electron chi connectivity index (χ0n) is 14.0. The molecule has 0 unspecified atom stereocenters. The van der Waals surface area contributed by atoms with Crippen molar-refractivity contribution in [1.29, 1.82) is 0 Å². The number of nitrogens with zero attached hydrogens (tertiary/aromatic N) is 3. The maximum atomic E-state index is 14.0. The average molecular weight is 356 g/mol. The van der Waals surface area contributed by atoms with Gasteiger partial charge in [0.2, 0.25) is 0 Å². The first kappa shape index (κ1) is 16.2. The molecule has 0 radical (unpaired) electrons. The molecular weight excluding hydrogens is 337 g/mol. The van der Waals surface area contributed by atoms with Crippen LogP contribution in [0.3, 0.4) is 0 Å². The molecule has 128 valence electrons. The van der Waals surface area contributed by atoms with Crippen molar-refractivity contribution in [3.63, 3.8) is 0 Å². The van der Waals surface area contributed by atoms with E-state index in [2.05, 4.69) is 22.8 Å². The van der Waals surface area contributed by atoms with Crippen molar-refractivity contribution in [2.45, 2.75) is 6.92 Å². The molecule has 2 heterocycles. The van der Waals surface area contributed by atoms with Gasteiger partial charge in [-0.1, -0.05) is 29.8 Å². The van der Waals surface area contributed by atoms with Gasteiger partial charge in [-0.05, 0) is 42.8 Å². The van der Waals surface area contributed by atoms with E-state index in [1.165, 1.54) is 11.6 Å². The Balaban J connectivity index is 1.56. The number of hydrogen-bond acceptors (Lipinski definition) is 3. The Morgan fingerprint density at radius 1 is 0.960 bits per heavy atom. The molecule has 0 aliphatic carbocycles. The van der Waals surface area contributed by atoms with E-state index in [0.29, 0.717) is 10.7 Å². The number of fused-ring (bicyclic) bond motifs is 1. The highest BCUT2D eigenvalue weighted by Crippen LogP contribution is 2.27. The third-order valence-corrected chi connectivity index (χ3v) is 5.00. The monoisotopic (exact) mass is 355 g/mol. The van der Waals surface area contributed by atoms with Gasteiger partial charge in [0.25, 0.3) is 0 Å². The number of hydrogen-bond donors (Lipinski definition) is 0. The summed E-state index contributed by atoms with van der Waals surface area (Å²) < 4.78 is 14.0. The second-order valence-corrected chi connectivity index (χ2v) is 6.82. The largest absolute Gasteiger partial charge is 0.366 e. The molecule has 0 saturated carbocycles. The third-order valence-electron chi connectivity index (χ3n) is 4.76. The van der Waals surface area contributed by atoms with Crippen molar-refractivity contribution in [2.75, 3.05) is 36.0 Å². The van der Waals surface area contributed by atoms with Gasteiger partial charge in [-0.25, -0.2) is 9.37 Å². The fourth-order valence-electron chi connectivity index (χ4n) is 3.40. The van der Waals surface area contributed by atoms with E-state index in [9.17, 15) is 4.39 Å². The fraction of sp³-hybridized carbons (Fsp3) is 0.250. The predicted octanol–water partition coefficient (Wildman–Crippen LogP) is 4.66. The summed E-state index contributed by atoms with van der Waals surface area (Å²) in [7, 11) is 0. The van der Waals surface area contributed by atoms with Crippen LogP contribution in [0.15, 0.2) is 48.5 Å². The summed E-state index contributed by atoms with van der Waals surface area (Å²) >= 11 is 6.12. The molecule has 1 aliphatic heterocycles. The van der Waals surface area contributed by atoms with Gasteiger partial charge < -0.3 is 9.80 Å². The van der Waals surface area contributed by atoms with Crippen molar-refractivity contribution < 1.29 is 4.39 Å². The van der Waals surface area contributed by atoms with Gasteiger partial charge in [-0.2, -0.15) is 0 Å². The molecule has 4 rings (SSSR count). The van der Waals surface area contributed by atoms with Crippen molar-refractivity contribution >= 4 is 34.0 Å². The molecule has 1 aliphatic rings. The number of anilines is 2. The van der Waals surface area contributed by atoms with Crippen molar-refractivity contribution in [1.82, 2.24) is 4.98 Å². The Kier molecular flexibility index (Phi) is 4.22. The molecule has 3 nitrogen and oxygen atoms in total. The first-order valence-electron chi connectivity index (χ1n) is 8.43. The average Bonchev–Trinajstić information content (AvgIpc) is 2.62. The van der Waals surface area contributed by atoms with Gasteiger partial charge in [0.1, 0.15) is 11.6 Å². The van der Waals surface area contributed by atoms with Crippen LogP contribution in [0.4, 0.5) is 15.9 Å². The van der Waals surface area contributed by atoms with Crippen molar-refractivity contribution in [3.8, 4) is 0 Å². The zero-order valence-corrected chi connectivity index (χ0v) is 14.8. The third kappa shape index (κ3) is 3.14. The number of benzene rings is 2. The van der Waals surface area contributed by atoms with Gasteiger partial charge in [0.15, 0.2) is 0 Å². The predicted molar refractivity (Wildman–Crippen MR) is 102 cm³/mol. The lowest BCUT2D eigenvalue weighted by atomic mass is 10.1. The minimum absolute atomic E-state index is 0.162. The minimum Gasteiger partial charge on any atom is -0.366 e. The van der Waals surface area contributed by atoms with Crippen LogP contribution in [0.5, 0.6) is 0 Å². The SMILES string of the molecule is Cc1cc(N2CCN(c3ccccc3F)CC2)nc2cc(Cl)ccc12. The van der Waals surface area contributed by atoms with Gasteiger partial charge in [-0.3, -0.25) is 0 Å². The van der Waals surface area contributed by atoms with E-state index in [1.807, 2.05) is 30.3 Å². The Bertz CT molecular complexity index is 920. The number of halogens is 2. The molecule has 0 N–H and O–H groups in total. The first-order valence-corrected chi connectivity index (χ1v) is 8.81. The molecular formula is C20H19ClFN3. The zero-order chi connectivity index (χ0) is 17.4. The van der Waals surface area contributed by atoms with Crippen LogP contribution in [0.2, 0.25) is 5.02 Å². The lowest BCUT2D eigenvalue weighted by molar-refractivity contribution is 0.596. The summed E-state index contributed by atoms with van der Waals surface area (Å²) in [5.74, 6) is 0.797. The second kappa shape index (κ2) is 6.52. The van der Waals surface area contributed by atoms with Gasteiger partial charge in [0.05, 0.1) is 11.2 Å². The summed E-state index contributed by atoms with van der Waals surface area (Å²) in [4.78, 5) is 9.13. The number of aromatic nitrogens is 1. The second-order valence-electron chi connectivity index (χ2n) is 6.38. The summed E-state index contributed by atoms with van der Waals surface area (Å²) in [6.07, 6.45) is 0. The van der Waals surface area contributed by atoms with Crippen LogP contribution >= 0.6 is 11.6 Å². The number of para-hydroxylation sites is 1. The molecule has 2 aromatic carbocycles. The normalized spacial score (nSPS) is 15.0. The Labute approximate surface area is 151 Å². The number of aryl methyl sites for hydroxylation is 1. The standard InChI is InChI=1S/C20H19ClFN3/c1-14-12-20(23-18-13-15(21)6-7-16(14)18)25-10-8-24(9-11-25)19-5-3-2-4-17(19)22/h2-7,12-13H,8-11H2,1H3. The fourth-order valence-corrected chi connectivity index (χ4v) is 3.57. The van der Waals surface area contributed by atoms with Gasteiger partial charge >= 0.3 is 0 Å². The van der Waals surface area contributed by atoms with Crippen LogP contribution in [0, 0.1) is 12.7 Å². The summed E-state index contributed by atoms with van der Waals surface area (Å²) in [6.45, 7) is 5.27. The van der Waals surface area contributed by atoms with Gasteiger partial charge in [0, 0.05) is 36.6 Å². The van der Waals surface area contributed by atoms with Crippen molar-refractivity contribution in [2.24, 2.45) is 0 Å². The topological polar surface area (TPSA) is 19.4 Å². The van der Waals surface area contributed by atoms with Crippen LogP contribution in [-0.2, 0) is 0 Å². The quantitative estimate of drug-likeness (QED) is 0.666. The van der Waals surface area contributed by atoms with E-state index < -0.39 is 0 Å². The first-order chi connectivity index (χ1) is 12.1. The molecule has 0 bridgehead atoms. The van der Waals surface area contributed by atoms with Crippen molar-refractivity contribution in [3.05, 3.63) is 64.9 Å². The van der Waals surface area contributed by atoms with Gasteiger partial charge in [-0.15, -0.1) is 0 Å². The Hall–Kier alpha value is -2.33. The Morgan fingerprint density at radius 3 is 2.44 bits per heavy atom. The van der Waals surface area contributed by atoms with Crippen LogP contribution in [0.25, 0.3) is 10.9 Å². The molecule has 25 heavy (non-hydrogen) atoms. The highest BCUT2D eigenvalue weighted by molar-refractivity contribution is 6.31. The van der Waals surface area contributed by atoms with E-state index in [1.54, 1.807) is 6.07 Å². The van der Waals surface area contributed by atoms with E-state index in [0.717, 1.165) is 42.9 Å². The maximum Gasteiger partial charge on any atom is 0.146 e. The molecule has 1 saturated heterocycles. The summed E-state index contributed by atoms with van der Waals surface area (Å²) in [6, 6.07) is 14.9. The highest BCUT2D eigenvalue weighted by Gasteiger charge is 2.20. The molecule has 3 aromatic rings. The van der Waals surface area contributed by atoms with Crippen LogP contribution in [0.1, 0.15) is 5.56 Å². The number of piperazine rings is 1. The van der Waals surface area contributed by atoms with E-state index in [4.69, 9.17) is 16.6 Å². The molecule has 0 spiro atoms. The van der Waals surface area contributed by atoms with Crippen LogP contribution in [-0.4, -0.2) is 31.2 Å². The number of pyridine rings is 1. The molecule has 1 aromatic heterocycles. The van der Waals surface area contributed by atoms with E-state index >= 15 is 0 Å². The highest BCUT2D eigenvalue weighted by atomic mass is 35.5. The molecule has 1 fully saturated rings. The summed E-state index contributed by atoms with van der Waals surface area (Å²) in [5.41, 5.74) is 2.78. The summed E-state index contributed by atoms with van der Waals surface area (Å²) in [5, 5.41) is 1.82. The van der Waals surface area contributed by atoms with Crippen LogP contribution < -0.4 is 9.80 Å². The molecule has 0 amide bonds. The smallest absolute Gasteiger partial charge is 0.146 e. The van der Waals surface area contributed by atoms with E-state index in [-0.39, 0.29) is 5.82 Å². The molecule has 0 atom stereocenters. The Morgan fingerprint density at radius 2 is 1.68 bits per heavy atom. The lowest BCUT2D eigenvalue weighted by Crippen LogP contribution is -2.47.